The van der Waals surface area contributed by atoms with Crippen molar-refractivity contribution >= 4 is 15.7 Å². The molecule has 1 aromatic heterocycles. The number of nitrogens with one attached hydrogen (secondary N) is 2. The van der Waals surface area contributed by atoms with Crippen LogP contribution in [0.3, 0.4) is 0 Å². The predicted molar refractivity (Wildman–Crippen MR) is 73.1 cm³/mol. The molecule has 1 heterocycles. The highest BCUT2D eigenvalue weighted by molar-refractivity contribution is 7.92. The van der Waals surface area contributed by atoms with Crippen molar-refractivity contribution in [3.63, 3.8) is 0 Å². The molecule has 7 heteroatoms. The van der Waals surface area contributed by atoms with E-state index in [9.17, 15) is 8.42 Å². The number of nitrogens with zero attached hydrogens (tertiary/aromatic N) is 1. The minimum absolute atomic E-state index is 0.200. The summed E-state index contributed by atoms with van der Waals surface area (Å²) in [4.78, 5) is 0.200. The maximum Gasteiger partial charge on any atom is 0.262 e. The molecule has 0 amide bonds. The average Bonchev–Trinajstić information content (AvgIpc) is 2.89. The molecule has 0 saturated heterocycles. The van der Waals surface area contributed by atoms with Crippen molar-refractivity contribution in [2.75, 3.05) is 4.72 Å². The Labute approximate surface area is 112 Å². The lowest BCUT2D eigenvalue weighted by Crippen LogP contribution is -2.13. The Kier molecular flexibility index (Phi) is 3.87. The van der Waals surface area contributed by atoms with Gasteiger partial charge in [-0.1, -0.05) is 13.0 Å². The van der Waals surface area contributed by atoms with Crippen LogP contribution in [0.1, 0.15) is 18.1 Å². The standard InChI is InChI=1S/C12H16N4O2S/c1-2-9-3-4-12(5-10(9)6-13)19(17,18)16-11-7-14-15-8-11/h3-5,7-8,16H,2,6,13H2,1H3,(H,14,15). The summed E-state index contributed by atoms with van der Waals surface area (Å²) >= 11 is 0. The number of hydrogen-bond acceptors (Lipinski definition) is 4. The van der Waals surface area contributed by atoms with Crippen LogP contribution in [0.4, 0.5) is 5.69 Å². The van der Waals surface area contributed by atoms with Gasteiger partial charge in [-0.2, -0.15) is 5.10 Å². The fraction of sp³-hybridized carbons (Fsp3) is 0.250. The molecule has 2 rings (SSSR count). The van der Waals surface area contributed by atoms with Gasteiger partial charge in [-0.05, 0) is 29.7 Å². The zero-order valence-electron chi connectivity index (χ0n) is 10.6. The van der Waals surface area contributed by atoms with Crippen LogP contribution in [0.15, 0.2) is 35.5 Å². The average molecular weight is 280 g/mol. The zero-order chi connectivity index (χ0) is 13.9. The summed E-state index contributed by atoms with van der Waals surface area (Å²) in [6.45, 7) is 2.32. The van der Waals surface area contributed by atoms with E-state index in [1.807, 2.05) is 6.92 Å². The van der Waals surface area contributed by atoms with E-state index in [2.05, 4.69) is 14.9 Å². The van der Waals surface area contributed by atoms with Gasteiger partial charge < -0.3 is 5.73 Å². The Hall–Kier alpha value is -1.86. The lowest BCUT2D eigenvalue weighted by molar-refractivity contribution is 0.601. The van der Waals surface area contributed by atoms with E-state index in [4.69, 9.17) is 5.73 Å². The molecular weight excluding hydrogens is 264 g/mol. The Bertz CT molecular complexity index is 650. The van der Waals surface area contributed by atoms with Gasteiger partial charge in [0.2, 0.25) is 0 Å². The first-order valence-electron chi connectivity index (χ1n) is 5.90. The lowest BCUT2D eigenvalue weighted by atomic mass is 10.1. The van der Waals surface area contributed by atoms with E-state index in [1.54, 1.807) is 18.2 Å². The SMILES string of the molecule is CCc1ccc(S(=O)(=O)Nc2cn[nH]c2)cc1CN. The van der Waals surface area contributed by atoms with E-state index in [1.165, 1.54) is 12.4 Å². The summed E-state index contributed by atoms with van der Waals surface area (Å²) in [6, 6.07) is 4.99. The van der Waals surface area contributed by atoms with Crippen LogP contribution in [0.5, 0.6) is 0 Å². The third-order valence-corrected chi connectivity index (χ3v) is 4.22. The van der Waals surface area contributed by atoms with Crippen LogP contribution in [0, 0.1) is 0 Å². The number of benzene rings is 1. The largest absolute Gasteiger partial charge is 0.326 e. The molecule has 0 saturated carbocycles. The molecule has 6 nitrogen and oxygen atoms in total. The van der Waals surface area contributed by atoms with Crippen LogP contribution in [-0.2, 0) is 23.0 Å². The fourth-order valence-electron chi connectivity index (χ4n) is 1.83. The summed E-state index contributed by atoms with van der Waals surface area (Å²) in [5.41, 5.74) is 7.95. The summed E-state index contributed by atoms with van der Waals surface area (Å²) in [6.07, 6.45) is 3.70. The highest BCUT2D eigenvalue weighted by Crippen LogP contribution is 2.19. The normalized spacial score (nSPS) is 11.5. The monoisotopic (exact) mass is 280 g/mol. The van der Waals surface area contributed by atoms with E-state index < -0.39 is 10.0 Å². The summed E-state index contributed by atoms with van der Waals surface area (Å²) in [5, 5.41) is 6.24. The second-order valence-electron chi connectivity index (χ2n) is 4.08. The van der Waals surface area contributed by atoms with Crippen molar-refractivity contribution in [3.8, 4) is 0 Å². The maximum absolute atomic E-state index is 12.2. The number of aryl methyl sites for hydroxylation is 1. The number of hydrogen-bond donors (Lipinski definition) is 3. The van der Waals surface area contributed by atoms with Gasteiger partial charge in [0.05, 0.1) is 16.8 Å². The van der Waals surface area contributed by atoms with Crippen molar-refractivity contribution in [2.45, 2.75) is 24.8 Å². The number of rotatable bonds is 5. The first-order valence-corrected chi connectivity index (χ1v) is 7.38. The van der Waals surface area contributed by atoms with Gasteiger partial charge in [0.25, 0.3) is 10.0 Å². The molecule has 4 N–H and O–H groups in total. The smallest absolute Gasteiger partial charge is 0.262 e. The Morgan fingerprint density at radius 3 is 2.74 bits per heavy atom. The first kappa shape index (κ1) is 13.6. The van der Waals surface area contributed by atoms with Crippen molar-refractivity contribution in [3.05, 3.63) is 41.7 Å². The van der Waals surface area contributed by atoms with E-state index in [-0.39, 0.29) is 4.90 Å². The van der Waals surface area contributed by atoms with Crippen LogP contribution in [-0.4, -0.2) is 18.6 Å². The Morgan fingerprint density at radius 1 is 1.37 bits per heavy atom. The molecule has 102 valence electrons. The predicted octanol–water partition coefficient (Wildman–Crippen LogP) is 1.23. The Morgan fingerprint density at radius 2 is 2.16 bits per heavy atom. The van der Waals surface area contributed by atoms with Crippen molar-refractivity contribution < 1.29 is 8.42 Å². The number of sulfonamides is 1. The molecule has 1 aromatic carbocycles. The highest BCUT2D eigenvalue weighted by atomic mass is 32.2. The third-order valence-electron chi connectivity index (χ3n) is 2.84. The van der Waals surface area contributed by atoms with Gasteiger partial charge >= 0.3 is 0 Å². The molecule has 0 aliphatic carbocycles. The van der Waals surface area contributed by atoms with Gasteiger partial charge in [-0.15, -0.1) is 0 Å². The van der Waals surface area contributed by atoms with E-state index in [0.717, 1.165) is 17.5 Å². The quantitative estimate of drug-likeness (QED) is 0.766. The second kappa shape index (κ2) is 5.41. The maximum atomic E-state index is 12.2. The van der Waals surface area contributed by atoms with Gasteiger partial charge in [0.15, 0.2) is 0 Å². The summed E-state index contributed by atoms with van der Waals surface area (Å²) in [7, 11) is -3.61. The number of aromatic nitrogens is 2. The molecule has 0 unspecified atom stereocenters. The topological polar surface area (TPSA) is 101 Å². The van der Waals surface area contributed by atoms with E-state index in [0.29, 0.717) is 12.2 Å². The number of aromatic amines is 1. The third kappa shape index (κ3) is 2.94. The van der Waals surface area contributed by atoms with Crippen LogP contribution < -0.4 is 10.5 Å². The molecule has 0 aliphatic heterocycles. The zero-order valence-corrected chi connectivity index (χ0v) is 11.4. The van der Waals surface area contributed by atoms with Crippen LogP contribution in [0.2, 0.25) is 0 Å². The van der Waals surface area contributed by atoms with Crippen LogP contribution in [0.25, 0.3) is 0 Å². The van der Waals surface area contributed by atoms with Gasteiger partial charge in [-0.3, -0.25) is 9.82 Å². The molecule has 0 fully saturated rings. The summed E-state index contributed by atoms with van der Waals surface area (Å²) in [5.74, 6) is 0. The molecule has 0 atom stereocenters. The van der Waals surface area contributed by atoms with Crippen molar-refractivity contribution in [2.24, 2.45) is 5.73 Å². The summed E-state index contributed by atoms with van der Waals surface area (Å²) < 4.78 is 26.8. The Balaban J connectivity index is 2.35. The first-order chi connectivity index (χ1) is 9.06. The molecule has 19 heavy (non-hydrogen) atoms. The van der Waals surface area contributed by atoms with Crippen LogP contribution >= 0.6 is 0 Å². The minimum atomic E-state index is -3.61. The van der Waals surface area contributed by atoms with Gasteiger partial charge in [-0.25, -0.2) is 8.42 Å². The number of nitrogens with two attached hydrogens (primary N) is 1. The number of H-pyrrole nitrogens is 1. The molecule has 0 radical (unpaired) electrons. The lowest BCUT2D eigenvalue weighted by Gasteiger charge is -2.10. The highest BCUT2D eigenvalue weighted by Gasteiger charge is 2.16. The second-order valence-corrected chi connectivity index (χ2v) is 5.76. The number of anilines is 1. The van der Waals surface area contributed by atoms with Crippen molar-refractivity contribution in [1.82, 2.24) is 10.2 Å². The molecule has 0 bridgehead atoms. The molecule has 0 spiro atoms. The molecular formula is C12H16N4O2S. The van der Waals surface area contributed by atoms with Crippen molar-refractivity contribution in [1.29, 1.82) is 0 Å². The van der Waals surface area contributed by atoms with E-state index >= 15 is 0 Å². The fourth-order valence-corrected chi connectivity index (χ4v) is 2.91. The minimum Gasteiger partial charge on any atom is -0.326 e. The van der Waals surface area contributed by atoms with Gasteiger partial charge in [0, 0.05) is 12.7 Å². The van der Waals surface area contributed by atoms with Gasteiger partial charge in [0.1, 0.15) is 0 Å². The molecule has 2 aromatic rings. The molecule has 0 aliphatic rings.